The van der Waals surface area contributed by atoms with Crippen molar-refractivity contribution in [2.45, 2.75) is 66.5 Å². The van der Waals surface area contributed by atoms with Crippen LogP contribution in [0.1, 0.15) is 54.4 Å². The maximum absolute atomic E-state index is 13.4. The molecule has 1 aliphatic heterocycles. The first-order valence-corrected chi connectivity index (χ1v) is 11.4. The summed E-state index contributed by atoms with van der Waals surface area (Å²) in [5.41, 5.74) is -0.269. The SMILES string of the molecule is C=CCCNC(=O)C(=O)[C@H](CC=C)NC(=O)[C@@H]1[C@@H]2[C@H](CN1C(=O)[C@@H](C)C(C)(C)C)C2(C)C. The van der Waals surface area contributed by atoms with E-state index in [0.29, 0.717) is 19.5 Å². The van der Waals surface area contributed by atoms with E-state index in [1.807, 2.05) is 27.7 Å². The second kappa shape index (κ2) is 9.59. The molecule has 2 rings (SSSR count). The molecule has 0 aromatic rings. The molecule has 1 aliphatic carbocycles. The number of amides is 3. The number of carbonyl (C=O) groups is 4. The number of ketones is 1. The van der Waals surface area contributed by atoms with Crippen molar-refractivity contribution >= 4 is 23.5 Å². The lowest BCUT2D eigenvalue weighted by Gasteiger charge is -2.36. The van der Waals surface area contributed by atoms with Crippen molar-refractivity contribution in [2.24, 2.45) is 28.6 Å². The van der Waals surface area contributed by atoms with Gasteiger partial charge in [0.2, 0.25) is 17.6 Å². The second-order valence-corrected chi connectivity index (χ2v) is 10.8. The fraction of sp³-hybridized carbons (Fsp3) is 0.680. The van der Waals surface area contributed by atoms with E-state index in [0.717, 1.165) is 0 Å². The number of hydrogen-bond donors (Lipinski definition) is 2. The Balaban J connectivity index is 2.19. The Morgan fingerprint density at radius 2 is 1.78 bits per heavy atom. The molecule has 0 aromatic carbocycles. The van der Waals surface area contributed by atoms with Gasteiger partial charge >= 0.3 is 0 Å². The highest BCUT2D eigenvalue weighted by Gasteiger charge is 2.69. The molecule has 2 aliphatic rings. The molecule has 0 unspecified atom stereocenters. The van der Waals surface area contributed by atoms with Gasteiger partial charge in [-0.1, -0.05) is 53.7 Å². The van der Waals surface area contributed by atoms with Crippen molar-refractivity contribution in [2.75, 3.05) is 13.1 Å². The minimum Gasteiger partial charge on any atom is -0.349 e. The second-order valence-electron chi connectivity index (χ2n) is 10.8. The van der Waals surface area contributed by atoms with Crippen molar-refractivity contribution in [1.29, 1.82) is 0 Å². The zero-order valence-electron chi connectivity index (χ0n) is 20.4. The molecule has 2 N–H and O–H groups in total. The van der Waals surface area contributed by atoms with E-state index in [1.54, 1.807) is 11.0 Å². The molecule has 0 spiro atoms. The summed E-state index contributed by atoms with van der Waals surface area (Å²) in [4.78, 5) is 53.3. The van der Waals surface area contributed by atoms with Crippen LogP contribution in [0.15, 0.2) is 25.3 Å². The fourth-order valence-electron chi connectivity index (χ4n) is 4.62. The van der Waals surface area contributed by atoms with Gasteiger partial charge in [-0.2, -0.15) is 0 Å². The van der Waals surface area contributed by atoms with Crippen molar-refractivity contribution in [3.05, 3.63) is 25.3 Å². The van der Waals surface area contributed by atoms with Gasteiger partial charge in [0.1, 0.15) is 12.1 Å². The number of carbonyl (C=O) groups excluding carboxylic acids is 4. The molecule has 1 saturated carbocycles. The smallest absolute Gasteiger partial charge is 0.289 e. The number of fused-ring (bicyclic) bond motifs is 1. The molecule has 5 atom stereocenters. The molecule has 32 heavy (non-hydrogen) atoms. The van der Waals surface area contributed by atoms with Crippen LogP contribution in [-0.2, 0) is 19.2 Å². The average Bonchev–Trinajstić information content (AvgIpc) is 3.05. The summed E-state index contributed by atoms with van der Waals surface area (Å²) in [6.07, 6.45) is 3.82. The van der Waals surface area contributed by atoms with Crippen LogP contribution in [0.5, 0.6) is 0 Å². The van der Waals surface area contributed by atoms with E-state index >= 15 is 0 Å². The van der Waals surface area contributed by atoms with Crippen LogP contribution in [0.25, 0.3) is 0 Å². The molecular weight excluding hydrogens is 406 g/mol. The first-order valence-electron chi connectivity index (χ1n) is 11.4. The van der Waals surface area contributed by atoms with E-state index < -0.39 is 23.8 Å². The van der Waals surface area contributed by atoms with Crippen molar-refractivity contribution in [3.8, 4) is 0 Å². The molecule has 0 bridgehead atoms. The summed E-state index contributed by atoms with van der Waals surface area (Å²) < 4.78 is 0. The van der Waals surface area contributed by atoms with Crippen LogP contribution in [-0.4, -0.2) is 53.6 Å². The van der Waals surface area contributed by atoms with Crippen molar-refractivity contribution in [3.63, 3.8) is 0 Å². The first-order chi connectivity index (χ1) is 14.8. The van der Waals surface area contributed by atoms with Crippen LogP contribution in [0, 0.1) is 28.6 Å². The highest BCUT2D eigenvalue weighted by atomic mass is 16.2. The number of hydrogen-bond acceptors (Lipinski definition) is 4. The van der Waals surface area contributed by atoms with E-state index in [-0.39, 0.29) is 46.8 Å². The number of likely N-dealkylation sites (tertiary alicyclic amines) is 1. The third-order valence-corrected chi connectivity index (χ3v) is 7.32. The van der Waals surface area contributed by atoms with Crippen LogP contribution >= 0.6 is 0 Å². The third kappa shape index (κ3) is 5.13. The van der Waals surface area contributed by atoms with Crippen molar-refractivity contribution in [1.82, 2.24) is 15.5 Å². The van der Waals surface area contributed by atoms with E-state index in [2.05, 4.69) is 37.6 Å². The van der Waals surface area contributed by atoms with Gasteiger partial charge in [-0.25, -0.2) is 0 Å². The minimum atomic E-state index is -1.01. The quantitative estimate of drug-likeness (QED) is 0.307. The molecule has 0 radical (unpaired) electrons. The Bertz CT molecular complexity index is 795. The van der Waals surface area contributed by atoms with Gasteiger partial charge in [0.15, 0.2) is 0 Å². The monoisotopic (exact) mass is 445 g/mol. The first kappa shape index (κ1) is 25.8. The van der Waals surface area contributed by atoms with Gasteiger partial charge in [-0.3, -0.25) is 19.2 Å². The summed E-state index contributed by atoms with van der Waals surface area (Å²) in [5, 5.41) is 5.30. The molecule has 7 heteroatoms. The molecule has 0 aromatic heterocycles. The summed E-state index contributed by atoms with van der Waals surface area (Å²) in [6, 6.07) is -1.65. The minimum absolute atomic E-state index is 0.0379. The van der Waals surface area contributed by atoms with Crippen LogP contribution in [0.4, 0.5) is 0 Å². The Hall–Kier alpha value is -2.44. The zero-order valence-corrected chi connectivity index (χ0v) is 20.4. The highest BCUT2D eigenvalue weighted by Crippen LogP contribution is 2.65. The van der Waals surface area contributed by atoms with Gasteiger partial charge in [0, 0.05) is 19.0 Å². The van der Waals surface area contributed by atoms with E-state index in [1.165, 1.54) is 6.08 Å². The highest BCUT2D eigenvalue weighted by molar-refractivity contribution is 6.38. The third-order valence-electron chi connectivity index (χ3n) is 7.32. The van der Waals surface area contributed by atoms with Gasteiger partial charge in [-0.05, 0) is 35.5 Å². The molecule has 1 saturated heterocycles. The number of piperidine rings is 1. The number of nitrogens with one attached hydrogen (secondary N) is 2. The van der Waals surface area contributed by atoms with E-state index in [9.17, 15) is 19.2 Å². The lowest BCUT2D eigenvalue weighted by Crippen LogP contribution is -2.56. The summed E-state index contributed by atoms with van der Waals surface area (Å²) >= 11 is 0. The molecule has 178 valence electrons. The lowest BCUT2D eigenvalue weighted by molar-refractivity contribution is -0.146. The fourth-order valence-corrected chi connectivity index (χ4v) is 4.62. The summed E-state index contributed by atoms with van der Waals surface area (Å²) in [5.74, 6) is -1.84. The topological polar surface area (TPSA) is 95.6 Å². The van der Waals surface area contributed by atoms with Gasteiger partial charge < -0.3 is 15.5 Å². The molecular formula is C25H39N3O4. The predicted octanol–water partition coefficient (Wildman–Crippen LogP) is 2.47. The predicted molar refractivity (Wildman–Crippen MR) is 124 cm³/mol. The Morgan fingerprint density at radius 1 is 1.16 bits per heavy atom. The number of Topliss-reactive ketones (excluding diaryl/α,β-unsaturated/α-hetero) is 1. The molecule has 3 amide bonds. The zero-order chi connectivity index (χ0) is 24.4. The molecule has 2 fully saturated rings. The Morgan fingerprint density at radius 3 is 2.31 bits per heavy atom. The number of rotatable bonds is 10. The van der Waals surface area contributed by atoms with Gasteiger partial charge in [0.05, 0.1) is 0 Å². The summed E-state index contributed by atoms with van der Waals surface area (Å²) in [6.45, 7) is 20.2. The standard InChI is InChI=1S/C25H39N3O4/c1-9-11-13-26-22(31)20(29)17(12-10-2)27-21(30)19-18-16(25(18,7)8)14-28(19)23(32)15(3)24(4,5)6/h9-10,15-19H,1-2,11-14H2,3-8H3,(H,26,31)(H,27,30)/t15-,16+,17+,18+,19+/m1/s1. The van der Waals surface area contributed by atoms with Gasteiger partial charge in [-0.15, -0.1) is 13.2 Å². The molecule has 1 heterocycles. The van der Waals surface area contributed by atoms with Crippen LogP contribution < -0.4 is 10.6 Å². The van der Waals surface area contributed by atoms with Crippen molar-refractivity contribution < 1.29 is 19.2 Å². The van der Waals surface area contributed by atoms with Crippen LogP contribution in [0.3, 0.4) is 0 Å². The van der Waals surface area contributed by atoms with E-state index in [4.69, 9.17) is 0 Å². The van der Waals surface area contributed by atoms with Crippen LogP contribution in [0.2, 0.25) is 0 Å². The largest absolute Gasteiger partial charge is 0.349 e. The molecule has 7 nitrogen and oxygen atoms in total. The Kier molecular flexibility index (Phi) is 7.74. The lowest BCUT2D eigenvalue weighted by atomic mass is 9.81. The maximum atomic E-state index is 13.4. The Labute approximate surface area is 192 Å². The number of nitrogens with zero attached hydrogens (tertiary/aromatic N) is 1. The van der Waals surface area contributed by atoms with Gasteiger partial charge in [0.25, 0.3) is 5.91 Å². The average molecular weight is 446 g/mol. The normalized spacial score (nSPS) is 25.2. The summed E-state index contributed by atoms with van der Waals surface area (Å²) in [7, 11) is 0. The maximum Gasteiger partial charge on any atom is 0.289 e.